The molecule has 2 N–H and O–H groups in total. The maximum absolute atomic E-state index is 13.6. The van der Waals surface area contributed by atoms with E-state index in [9.17, 15) is 17.6 Å². The molecular weight excluding hydrogens is 299 g/mol. The van der Waals surface area contributed by atoms with Gasteiger partial charge in [0.25, 0.3) is 0 Å². The van der Waals surface area contributed by atoms with Gasteiger partial charge < -0.3 is 10.1 Å². The molecule has 1 atom stereocenters. The number of benzene rings is 1. The number of carbonyl (C=O) groups is 1. The molecule has 0 fully saturated rings. The lowest BCUT2D eigenvalue weighted by Crippen LogP contribution is -2.31. The highest BCUT2D eigenvalue weighted by Crippen LogP contribution is 2.21. The summed E-state index contributed by atoms with van der Waals surface area (Å²) in [5, 5.41) is 2.67. The van der Waals surface area contributed by atoms with Gasteiger partial charge in [0.05, 0.1) is 19.4 Å². The van der Waals surface area contributed by atoms with Gasteiger partial charge in [-0.1, -0.05) is 6.07 Å². The van der Waals surface area contributed by atoms with Crippen LogP contribution >= 0.6 is 0 Å². The number of rotatable bonds is 7. The van der Waals surface area contributed by atoms with Crippen molar-refractivity contribution in [1.29, 1.82) is 0 Å². The summed E-state index contributed by atoms with van der Waals surface area (Å²) in [6.07, 6.45) is 1.03. The first-order valence-electron chi connectivity index (χ1n) is 6.30. The zero-order valence-electron chi connectivity index (χ0n) is 12.1. The third-order valence-corrected chi connectivity index (χ3v) is 3.50. The van der Waals surface area contributed by atoms with Crippen LogP contribution in [-0.2, 0) is 14.8 Å². The van der Waals surface area contributed by atoms with Crippen molar-refractivity contribution in [1.82, 2.24) is 10.0 Å². The molecule has 0 saturated heterocycles. The molecule has 0 heterocycles. The zero-order valence-corrected chi connectivity index (χ0v) is 13.0. The maximum atomic E-state index is 13.6. The molecule has 0 aromatic heterocycles. The lowest BCUT2D eigenvalue weighted by Gasteiger charge is -2.15. The summed E-state index contributed by atoms with van der Waals surface area (Å²) in [4.78, 5) is 11.7. The average molecular weight is 318 g/mol. The minimum Gasteiger partial charge on any atom is -0.494 e. The molecule has 0 saturated carbocycles. The highest BCUT2D eigenvalue weighted by molar-refractivity contribution is 7.88. The van der Waals surface area contributed by atoms with Gasteiger partial charge >= 0.3 is 0 Å². The van der Waals surface area contributed by atoms with Crippen LogP contribution in [0.5, 0.6) is 5.75 Å². The average Bonchev–Trinajstić information content (AvgIpc) is 2.36. The van der Waals surface area contributed by atoms with Crippen LogP contribution in [0.1, 0.15) is 24.9 Å². The number of carbonyl (C=O) groups excluding carboxylic acids is 1. The van der Waals surface area contributed by atoms with E-state index in [4.69, 9.17) is 4.74 Å². The first kappa shape index (κ1) is 17.4. The molecule has 0 radical (unpaired) electrons. The molecule has 0 aliphatic rings. The summed E-state index contributed by atoms with van der Waals surface area (Å²) < 4.78 is 42.3. The van der Waals surface area contributed by atoms with Gasteiger partial charge in [-0.2, -0.15) is 0 Å². The normalized spacial score (nSPS) is 12.8. The third kappa shape index (κ3) is 6.09. The number of amides is 1. The van der Waals surface area contributed by atoms with E-state index in [2.05, 4.69) is 10.0 Å². The molecule has 21 heavy (non-hydrogen) atoms. The molecule has 0 unspecified atom stereocenters. The van der Waals surface area contributed by atoms with E-state index in [0.717, 1.165) is 6.26 Å². The molecular formula is C13H19FN2O4S. The number of methoxy groups -OCH3 is 1. The topological polar surface area (TPSA) is 84.5 Å². The lowest BCUT2D eigenvalue weighted by atomic mass is 10.1. The minimum atomic E-state index is -3.31. The molecule has 1 rings (SSSR count). The van der Waals surface area contributed by atoms with E-state index in [1.807, 2.05) is 0 Å². The van der Waals surface area contributed by atoms with Gasteiger partial charge in [0, 0.05) is 13.0 Å². The highest BCUT2D eigenvalue weighted by atomic mass is 32.2. The molecule has 0 bridgehead atoms. The van der Waals surface area contributed by atoms with Crippen LogP contribution in [0.3, 0.4) is 0 Å². The molecule has 1 amide bonds. The summed E-state index contributed by atoms with van der Waals surface area (Å²) in [5.74, 6) is -0.695. The fourth-order valence-corrected chi connectivity index (χ4v) is 2.17. The van der Waals surface area contributed by atoms with Crippen LogP contribution in [0.15, 0.2) is 18.2 Å². The second-order valence-corrected chi connectivity index (χ2v) is 6.43. The van der Waals surface area contributed by atoms with E-state index in [1.165, 1.54) is 19.2 Å². The van der Waals surface area contributed by atoms with Crippen molar-refractivity contribution >= 4 is 15.9 Å². The van der Waals surface area contributed by atoms with E-state index >= 15 is 0 Å². The van der Waals surface area contributed by atoms with Crippen molar-refractivity contribution < 1.29 is 22.3 Å². The van der Waals surface area contributed by atoms with Crippen LogP contribution in [0.4, 0.5) is 4.39 Å². The summed E-state index contributed by atoms with van der Waals surface area (Å²) in [6.45, 7) is 1.73. The number of hydrogen-bond acceptors (Lipinski definition) is 4. The van der Waals surface area contributed by atoms with E-state index in [0.29, 0.717) is 5.56 Å². The SMILES string of the molecule is COc1ccc([C@@H](C)NC(=O)CCNS(C)(=O)=O)cc1F. The molecule has 6 nitrogen and oxygen atoms in total. The minimum absolute atomic E-state index is 0.00997. The second kappa shape index (κ2) is 7.37. The van der Waals surface area contributed by atoms with E-state index < -0.39 is 21.9 Å². The maximum Gasteiger partial charge on any atom is 0.221 e. The Morgan fingerprint density at radius 3 is 2.62 bits per heavy atom. The van der Waals surface area contributed by atoms with Gasteiger partial charge in [-0.05, 0) is 24.6 Å². The van der Waals surface area contributed by atoms with Gasteiger partial charge in [-0.25, -0.2) is 17.5 Å². The Balaban J connectivity index is 2.54. The molecule has 0 spiro atoms. The smallest absolute Gasteiger partial charge is 0.221 e. The lowest BCUT2D eigenvalue weighted by molar-refractivity contribution is -0.121. The predicted octanol–water partition coefficient (Wildman–Crippen LogP) is 0.951. The molecule has 1 aromatic carbocycles. The Bertz CT molecular complexity index is 604. The van der Waals surface area contributed by atoms with Gasteiger partial charge in [0.1, 0.15) is 0 Å². The number of ether oxygens (including phenoxy) is 1. The summed E-state index contributed by atoms with van der Waals surface area (Å²) in [6, 6.07) is 4.04. The Labute approximate surface area is 123 Å². The predicted molar refractivity (Wildman–Crippen MR) is 77.0 cm³/mol. The van der Waals surface area contributed by atoms with Crippen molar-refractivity contribution in [3.05, 3.63) is 29.6 Å². The number of halogens is 1. The standard InChI is InChI=1S/C13H19FN2O4S/c1-9(10-4-5-12(20-2)11(14)8-10)16-13(17)6-7-15-21(3,18)19/h4-5,8-9,15H,6-7H2,1-3H3,(H,16,17)/t9-/m1/s1. The zero-order chi connectivity index (χ0) is 16.0. The Kier molecular flexibility index (Phi) is 6.10. The first-order chi connectivity index (χ1) is 9.73. The Morgan fingerprint density at radius 1 is 1.43 bits per heavy atom. The largest absolute Gasteiger partial charge is 0.494 e. The number of nitrogens with one attached hydrogen (secondary N) is 2. The van der Waals surface area contributed by atoms with Crippen LogP contribution in [0.25, 0.3) is 0 Å². The van der Waals surface area contributed by atoms with Gasteiger partial charge in [0.15, 0.2) is 11.6 Å². The molecule has 0 aliphatic carbocycles. The number of hydrogen-bond donors (Lipinski definition) is 2. The van der Waals surface area contributed by atoms with E-state index in [1.54, 1.807) is 13.0 Å². The van der Waals surface area contributed by atoms with Gasteiger partial charge in [-0.3, -0.25) is 4.79 Å². The molecule has 1 aromatic rings. The highest BCUT2D eigenvalue weighted by Gasteiger charge is 2.12. The quantitative estimate of drug-likeness (QED) is 0.784. The Morgan fingerprint density at radius 2 is 2.10 bits per heavy atom. The molecule has 8 heteroatoms. The Hall–Kier alpha value is -1.67. The van der Waals surface area contributed by atoms with Crippen LogP contribution in [0, 0.1) is 5.82 Å². The first-order valence-corrected chi connectivity index (χ1v) is 8.19. The van der Waals surface area contributed by atoms with Crippen molar-refractivity contribution in [2.45, 2.75) is 19.4 Å². The van der Waals surface area contributed by atoms with Crippen molar-refractivity contribution in [2.75, 3.05) is 19.9 Å². The fourth-order valence-electron chi connectivity index (χ4n) is 1.70. The molecule has 0 aliphatic heterocycles. The van der Waals surface area contributed by atoms with E-state index in [-0.39, 0.29) is 24.6 Å². The van der Waals surface area contributed by atoms with Gasteiger partial charge in [0.2, 0.25) is 15.9 Å². The van der Waals surface area contributed by atoms with Crippen molar-refractivity contribution in [3.8, 4) is 5.75 Å². The second-order valence-electron chi connectivity index (χ2n) is 4.60. The fraction of sp³-hybridized carbons (Fsp3) is 0.462. The molecule has 118 valence electrons. The van der Waals surface area contributed by atoms with Crippen LogP contribution in [-0.4, -0.2) is 34.2 Å². The summed E-state index contributed by atoms with van der Waals surface area (Å²) in [5.41, 5.74) is 0.595. The van der Waals surface area contributed by atoms with Crippen LogP contribution < -0.4 is 14.8 Å². The number of sulfonamides is 1. The van der Waals surface area contributed by atoms with Crippen molar-refractivity contribution in [2.24, 2.45) is 0 Å². The van der Waals surface area contributed by atoms with Gasteiger partial charge in [-0.15, -0.1) is 0 Å². The summed E-state index contributed by atoms with van der Waals surface area (Å²) in [7, 11) is -1.93. The van der Waals surface area contributed by atoms with Crippen molar-refractivity contribution in [3.63, 3.8) is 0 Å². The third-order valence-electron chi connectivity index (χ3n) is 2.77. The van der Waals surface area contributed by atoms with Crippen LogP contribution in [0.2, 0.25) is 0 Å². The monoisotopic (exact) mass is 318 g/mol. The summed E-state index contributed by atoms with van der Waals surface area (Å²) >= 11 is 0.